The number of alkyl halides is 24. The zero-order valence-electron chi connectivity index (χ0n) is 15.3. The van der Waals surface area contributed by atoms with Gasteiger partial charge in [-0.1, -0.05) is 0 Å². The largest absolute Gasteiger partial charge is 0.460 e. The van der Waals surface area contributed by atoms with Crippen LogP contribution < -0.4 is 0 Å². The molecule has 0 N–H and O–H groups in total. The Hall–Kier alpha value is -1.68. The maximum atomic E-state index is 13.3. The Balaban J connectivity index is 7.06. The molecule has 0 saturated carbocycles. The van der Waals surface area contributed by atoms with E-state index in [2.05, 4.69) is 0 Å². The van der Waals surface area contributed by atoms with E-state index < -0.39 is 72.1 Å². The molecule has 0 amide bonds. The van der Waals surface area contributed by atoms with Crippen LogP contribution in [0, 0.1) is 0 Å². The summed E-state index contributed by atoms with van der Waals surface area (Å²) in [5.74, 6) is -80.1. The Morgan fingerprint density at radius 1 is 0.250 bits per heavy atom. The molecule has 0 aliphatic heterocycles. The molecule has 0 atom stereocenters. The van der Waals surface area contributed by atoms with Gasteiger partial charge in [-0.3, -0.25) is 0 Å². The van der Waals surface area contributed by atoms with E-state index in [4.69, 9.17) is 0 Å². The third-order valence-electron chi connectivity index (χ3n) is 4.00. The van der Waals surface area contributed by atoms with Crippen molar-refractivity contribution in [2.45, 2.75) is 72.1 Å². The van der Waals surface area contributed by atoms with Gasteiger partial charge in [0.1, 0.15) is 6.42 Å². The van der Waals surface area contributed by atoms with Crippen molar-refractivity contribution in [1.82, 2.24) is 0 Å². The van der Waals surface area contributed by atoms with Gasteiger partial charge in [0.25, 0.3) is 0 Å². The lowest BCUT2D eigenvalue weighted by Gasteiger charge is -2.44. The molecular formula is C12H2F24. The Bertz CT molecular complexity index is 791. The van der Waals surface area contributed by atoms with Crippen LogP contribution in [-0.2, 0) is 0 Å². The van der Waals surface area contributed by atoms with Crippen LogP contribution in [0.25, 0.3) is 0 Å². The zero-order valence-corrected chi connectivity index (χ0v) is 15.3. The molecule has 218 valence electrons. The Morgan fingerprint density at radius 3 is 0.639 bits per heavy atom. The molecule has 0 unspecified atom stereocenters. The first-order chi connectivity index (χ1) is 15.0. The standard InChI is InChI=1S/C12H2F24/c13-2(14,1-3(15,16)17)4(18,19)5(20,21)6(22,23)7(24,25)8(26,27)9(28,29)10(30,31)11(32,33)12(34,35)36/h1H2. The number of halogens is 24. The molecular weight excluding hydrogens is 600 g/mol. The second kappa shape index (κ2) is 8.16. The highest BCUT2D eigenvalue weighted by Gasteiger charge is 2.97. The maximum Gasteiger partial charge on any atom is 0.460 e. The molecule has 24 heteroatoms. The topological polar surface area (TPSA) is 0 Å². The molecule has 0 bridgehead atoms. The molecule has 0 saturated heterocycles. The lowest BCUT2D eigenvalue weighted by molar-refractivity contribution is -0.475. The second-order valence-corrected chi connectivity index (χ2v) is 6.59. The minimum absolute atomic E-state index is 4.60. The van der Waals surface area contributed by atoms with E-state index in [-0.39, 0.29) is 0 Å². The molecule has 0 aromatic rings. The third kappa shape index (κ3) is 4.36. The zero-order chi connectivity index (χ0) is 30.2. The molecule has 36 heavy (non-hydrogen) atoms. The van der Waals surface area contributed by atoms with Crippen LogP contribution in [0.2, 0.25) is 0 Å². The highest BCUT2D eigenvalue weighted by Crippen LogP contribution is 2.66. The van der Waals surface area contributed by atoms with Crippen LogP contribution in [0.15, 0.2) is 0 Å². The Kier molecular flexibility index (Phi) is 7.78. The molecule has 0 fully saturated rings. The van der Waals surface area contributed by atoms with Crippen LogP contribution in [0.4, 0.5) is 105 Å². The van der Waals surface area contributed by atoms with Crippen LogP contribution >= 0.6 is 0 Å². The molecule has 0 aliphatic rings. The van der Waals surface area contributed by atoms with Crippen molar-refractivity contribution in [2.24, 2.45) is 0 Å². The van der Waals surface area contributed by atoms with Gasteiger partial charge in [0.15, 0.2) is 0 Å². The van der Waals surface area contributed by atoms with Gasteiger partial charge in [-0.25, -0.2) is 0 Å². The Morgan fingerprint density at radius 2 is 0.444 bits per heavy atom. The van der Waals surface area contributed by atoms with Gasteiger partial charge in [0, 0.05) is 0 Å². The predicted octanol–water partition coefficient (Wildman–Crippen LogP) is 8.22. The fourth-order valence-electron chi connectivity index (χ4n) is 1.95. The fourth-order valence-corrected chi connectivity index (χ4v) is 1.95. The van der Waals surface area contributed by atoms with Gasteiger partial charge in [-0.2, -0.15) is 105 Å². The summed E-state index contributed by atoms with van der Waals surface area (Å²) < 4.78 is 307. The van der Waals surface area contributed by atoms with E-state index in [1.54, 1.807) is 0 Å². The van der Waals surface area contributed by atoms with Crippen molar-refractivity contribution in [3.8, 4) is 0 Å². The SMILES string of the molecule is FC(F)(F)CC(F)(F)C(F)(F)C(F)(F)C(F)(F)C(F)(F)C(F)(F)C(F)(F)C(F)(F)C(F)(F)C(F)(F)F. The van der Waals surface area contributed by atoms with Gasteiger partial charge in [-0.05, 0) is 0 Å². The summed E-state index contributed by atoms with van der Waals surface area (Å²) in [6.45, 7) is 0. The molecule has 0 radical (unpaired) electrons. The molecule has 0 spiro atoms. The first kappa shape index (κ1) is 34.3. The van der Waals surface area contributed by atoms with Gasteiger partial charge >= 0.3 is 65.7 Å². The first-order valence-electron chi connectivity index (χ1n) is 7.49. The lowest BCUT2D eigenvalue weighted by Crippen LogP contribution is -2.76. The van der Waals surface area contributed by atoms with E-state index in [0.29, 0.717) is 0 Å². The Labute approximate surface area is 179 Å². The quantitative estimate of drug-likeness (QED) is 0.234. The van der Waals surface area contributed by atoms with Crippen LogP contribution in [-0.4, -0.2) is 65.7 Å². The monoisotopic (exact) mass is 602 g/mol. The second-order valence-electron chi connectivity index (χ2n) is 6.59. The maximum absolute atomic E-state index is 13.3. The average molecular weight is 602 g/mol. The highest BCUT2D eigenvalue weighted by molar-refractivity contribution is 5.18. The third-order valence-corrected chi connectivity index (χ3v) is 4.00. The van der Waals surface area contributed by atoms with E-state index in [0.717, 1.165) is 0 Å². The normalized spacial score (nSPS) is 17.0. The lowest BCUT2D eigenvalue weighted by atomic mass is 9.86. The molecule has 0 aliphatic carbocycles. The van der Waals surface area contributed by atoms with E-state index in [1.807, 2.05) is 0 Å². The summed E-state index contributed by atoms with van der Waals surface area (Å²) in [5, 5.41) is 0. The number of hydrogen-bond acceptors (Lipinski definition) is 0. The van der Waals surface area contributed by atoms with Gasteiger partial charge in [0.2, 0.25) is 0 Å². The van der Waals surface area contributed by atoms with Crippen molar-refractivity contribution in [2.75, 3.05) is 0 Å². The van der Waals surface area contributed by atoms with Crippen molar-refractivity contribution >= 4 is 0 Å². The molecule has 0 nitrogen and oxygen atoms in total. The van der Waals surface area contributed by atoms with Crippen molar-refractivity contribution in [3.63, 3.8) is 0 Å². The number of hydrogen-bond donors (Lipinski definition) is 0. The summed E-state index contributed by atoms with van der Waals surface area (Å²) in [6, 6.07) is 0. The summed E-state index contributed by atoms with van der Waals surface area (Å²) in [6.07, 6.45) is -19.4. The molecule has 0 rings (SSSR count). The van der Waals surface area contributed by atoms with Crippen LogP contribution in [0.3, 0.4) is 0 Å². The first-order valence-corrected chi connectivity index (χ1v) is 7.49. The fraction of sp³-hybridized carbons (Fsp3) is 1.00. The summed E-state index contributed by atoms with van der Waals surface area (Å²) in [4.78, 5) is 0. The summed E-state index contributed by atoms with van der Waals surface area (Å²) in [5.41, 5.74) is 0. The summed E-state index contributed by atoms with van der Waals surface area (Å²) >= 11 is 0. The molecule has 0 aromatic heterocycles. The predicted molar refractivity (Wildman–Crippen MR) is 61.2 cm³/mol. The van der Waals surface area contributed by atoms with Crippen molar-refractivity contribution in [1.29, 1.82) is 0 Å². The minimum Gasteiger partial charge on any atom is -0.199 e. The van der Waals surface area contributed by atoms with Crippen molar-refractivity contribution in [3.05, 3.63) is 0 Å². The highest BCUT2D eigenvalue weighted by atomic mass is 19.4. The molecule has 0 aromatic carbocycles. The number of rotatable bonds is 9. The smallest absolute Gasteiger partial charge is 0.199 e. The van der Waals surface area contributed by atoms with Crippen LogP contribution in [0.1, 0.15) is 6.42 Å². The summed E-state index contributed by atoms with van der Waals surface area (Å²) in [7, 11) is 0. The van der Waals surface area contributed by atoms with Crippen molar-refractivity contribution < 1.29 is 105 Å². The molecule has 0 heterocycles. The van der Waals surface area contributed by atoms with Crippen LogP contribution in [0.5, 0.6) is 0 Å². The van der Waals surface area contributed by atoms with E-state index in [1.165, 1.54) is 0 Å². The van der Waals surface area contributed by atoms with Gasteiger partial charge in [-0.15, -0.1) is 0 Å². The van der Waals surface area contributed by atoms with E-state index >= 15 is 0 Å². The van der Waals surface area contributed by atoms with Gasteiger partial charge in [0.05, 0.1) is 0 Å². The van der Waals surface area contributed by atoms with E-state index in [9.17, 15) is 105 Å². The average Bonchev–Trinajstić information content (AvgIpc) is 2.57. The van der Waals surface area contributed by atoms with Gasteiger partial charge < -0.3 is 0 Å². The minimum atomic E-state index is -9.38.